The molecule has 1 heterocycles. The van der Waals surface area contributed by atoms with Crippen molar-refractivity contribution in [1.29, 1.82) is 0 Å². The standard InChI is InChI=1S/C17H34N2/c1-5-18-15(16(2,3)4)14-19-12-10-17(11-13-19)8-6-7-9-17/h15,18H,5-14H2,1-4H3. The van der Waals surface area contributed by atoms with E-state index < -0.39 is 0 Å². The zero-order chi connectivity index (χ0) is 13.9. The quantitative estimate of drug-likeness (QED) is 0.835. The van der Waals surface area contributed by atoms with E-state index in [1.807, 2.05) is 0 Å². The van der Waals surface area contributed by atoms with Gasteiger partial charge in [0.05, 0.1) is 0 Å². The highest BCUT2D eigenvalue weighted by Crippen LogP contribution is 2.46. The SMILES string of the molecule is CCNC(CN1CCC2(CCCC2)CC1)C(C)(C)C. The Kier molecular flexibility index (Phi) is 4.94. The molecular formula is C17H34N2. The number of likely N-dealkylation sites (N-methyl/N-ethyl adjacent to an activating group) is 1. The van der Waals surface area contributed by atoms with Crippen LogP contribution < -0.4 is 5.32 Å². The van der Waals surface area contributed by atoms with Gasteiger partial charge in [-0.3, -0.25) is 0 Å². The van der Waals surface area contributed by atoms with Crippen LogP contribution in [0.15, 0.2) is 0 Å². The topological polar surface area (TPSA) is 15.3 Å². The Morgan fingerprint density at radius 2 is 1.63 bits per heavy atom. The molecule has 2 rings (SSSR count). The first-order valence-electron chi connectivity index (χ1n) is 8.41. The fraction of sp³-hybridized carbons (Fsp3) is 1.00. The van der Waals surface area contributed by atoms with E-state index >= 15 is 0 Å². The van der Waals surface area contributed by atoms with E-state index in [-0.39, 0.29) is 0 Å². The number of hydrogen-bond donors (Lipinski definition) is 1. The lowest BCUT2D eigenvalue weighted by Gasteiger charge is -2.42. The lowest BCUT2D eigenvalue weighted by atomic mass is 9.76. The average Bonchev–Trinajstić information content (AvgIpc) is 2.79. The number of rotatable bonds is 4. The predicted octanol–water partition coefficient (Wildman–Crippen LogP) is 3.67. The zero-order valence-corrected chi connectivity index (χ0v) is 13.6. The second-order valence-corrected chi connectivity index (χ2v) is 7.98. The van der Waals surface area contributed by atoms with E-state index in [1.165, 1.54) is 58.2 Å². The summed E-state index contributed by atoms with van der Waals surface area (Å²) < 4.78 is 0. The third kappa shape index (κ3) is 3.95. The molecule has 0 aromatic rings. The Balaban J connectivity index is 1.83. The van der Waals surface area contributed by atoms with Gasteiger partial charge in [0.1, 0.15) is 0 Å². The van der Waals surface area contributed by atoms with Crippen LogP contribution in [0.4, 0.5) is 0 Å². The molecule has 1 aliphatic carbocycles. The van der Waals surface area contributed by atoms with Crippen molar-refractivity contribution in [2.24, 2.45) is 10.8 Å². The van der Waals surface area contributed by atoms with Crippen LogP contribution in [-0.2, 0) is 0 Å². The molecule has 0 aromatic heterocycles. The minimum absolute atomic E-state index is 0.360. The summed E-state index contributed by atoms with van der Waals surface area (Å²) in [5.41, 5.74) is 1.12. The maximum atomic E-state index is 3.69. The van der Waals surface area contributed by atoms with Gasteiger partial charge in [-0.2, -0.15) is 0 Å². The highest BCUT2D eigenvalue weighted by atomic mass is 15.2. The molecule has 1 saturated carbocycles. The van der Waals surface area contributed by atoms with E-state index in [4.69, 9.17) is 0 Å². The number of nitrogens with one attached hydrogen (secondary N) is 1. The summed E-state index contributed by atoms with van der Waals surface area (Å²) in [5, 5.41) is 3.69. The lowest BCUT2D eigenvalue weighted by Crippen LogP contribution is -2.51. The summed E-state index contributed by atoms with van der Waals surface area (Å²) in [6, 6.07) is 0.620. The molecule has 0 bridgehead atoms. The highest BCUT2D eigenvalue weighted by molar-refractivity contribution is 4.91. The molecule has 1 aliphatic heterocycles. The van der Waals surface area contributed by atoms with Gasteiger partial charge in [0, 0.05) is 12.6 Å². The second-order valence-electron chi connectivity index (χ2n) is 7.98. The monoisotopic (exact) mass is 266 g/mol. The number of likely N-dealkylation sites (tertiary alicyclic amines) is 1. The van der Waals surface area contributed by atoms with Gasteiger partial charge < -0.3 is 10.2 Å². The third-order valence-corrected chi connectivity index (χ3v) is 5.52. The second kappa shape index (κ2) is 6.13. The van der Waals surface area contributed by atoms with Crippen molar-refractivity contribution in [1.82, 2.24) is 10.2 Å². The first-order valence-corrected chi connectivity index (χ1v) is 8.41. The molecule has 112 valence electrons. The summed E-state index contributed by atoms with van der Waals surface area (Å²) in [6.45, 7) is 14.3. The molecular weight excluding hydrogens is 232 g/mol. The van der Waals surface area contributed by atoms with Crippen LogP contribution in [0.5, 0.6) is 0 Å². The molecule has 1 atom stereocenters. The summed E-state index contributed by atoms with van der Waals surface area (Å²) in [7, 11) is 0. The van der Waals surface area contributed by atoms with Gasteiger partial charge in [0.2, 0.25) is 0 Å². The van der Waals surface area contributed by atoms with Crippen molar-refractivity contribution in [2.45, 2.75) is 72.3 Å². The van der Waals surface area contributed by atoms with Gasteiger partial charge in [-0.25, -0.2) is 0 Å². The largest absolute Gasteiger partial charge is 0.312 e. The van der Waals surface area contributed by atoms with Gasteiger partial charge >= 0.3 is 0 Å². The van der Waals surface area contributed by atoms with E-state index in [2.05, 4.69) is 37.9 Å². The molecule has 1 spiro atoms. The van der Waals surface area contributed by atoms with E-state index in [0.717, 1.165) is 12.0 Å². The molecule has 2 nitrogen and oxygen atoms in total. The number of piperidine rings is 1. The Labute approximate surface area is 120 Å². The molecule has 2 heteroatoms. The zero-order valence-electron chi connectivity index (χ0n) is 13.6. The molecule has 0 amide bonds. The normalized spacial score (nSPS) is 25.9. The smallest absolute Gasteiger partial charge is 0.0243 e. The van der Waals surface area contributed by atoms with Crippen LogP contribution >= 0.6 is 0 Å². The Bertz CT molecular complexity index is 263. The van der Waals surface area contributed by atoms with Crippen LogP contribution in [0.25, 0.3) is 0 Å². The first kappa shape index (κ1) is 15.3. The molecule has 2 fully saturated rings. The van der Waals surface area contributed by atoms with Crippen molar-refractivity contribution in [3.05, 3.63) is 0 Å². The van der Waals surface area contributed by atoms with Gasteiger partial charge in [-0.15, -0.1) is 0 Å². The molecule has 2 aliphatic rings. The minimum Gasteiger partial charge on any atom is -0.312 e. The van der Waals surface area contributed by atoms with Gasteiger partial charge in [0.25, 0.3) is 0 Å². The molecule has 19 heavy (non-hydrogen) atoms. The van der Waals surface area contributed by atoms with Crippen LogP contribution in [0.2, 0.25) is 0 Å². The highest BCUT2D eigenvalue weighted by Gasteiger charge is 2.37. The van der Waals surface area contributed by atoms with E-state index in [0.29, 0.717) is 11.5 Å². The summed E-state index contributed by atoms with van der Waals surface area (Å²) in [4.78, 5) is 2.71. The van der Waals surface area contributed by atoms with Crippen LogP contribution in [0, 0.1) is 10.8 Å². The Morgan fingerprint density at radius 3 is 2.11 bits per heavy atom. The van der Waals surface area contributed by atoms with Crippen molar-refractivity contribution in [2.75, 3.05) is 26.2 Å². The predicted molar refractivity (Wildman–Crippen MR) is 83.5 cm³/mol. The fourth-order valence-electron chi connectivity index (χ4n) is 3.98. The molecule has 0 aromatic carbocycles. The van der Waals surface area contributed by atoms with Gasteiger partial charge in [0.15, 0.2) is 0 Å². The van der Waals surface area contributed by atoms with E-state index in [9.17, 15) is 0 Å². The summed E-state index contributed by atoms with van der Waals surface area (Å²) >= 11 is 0. The van der Waals surface area contributed by atoms with Crippen LogP contribution in [-0.4, -0.2) is 37.1 Å². The maximum Gasteiger partial charge on any atom is 0.0243 e. The van der Waals surface area contributed by atoms with E-state index in [1.54, 1.807) is 0 Å². The maximum absolute atomic E-state index is 3.69. The third-order valence-electron chi connectivity index (χ3n) is 5.52. The fourth-order valence-corrected chi connectivity index (χ4v) is 3.98. The number of nitrogens with zero attached hydrogens (tertiary/aromatic N) is 1. The molecule has 1 saturated heterocycles. The van der Waals surface area contributed by atoms with Crippen LogP contribution in [0.1, 0.15) is 66.2 Å². The lowest BCUT2D eigenvalue weighted by molar-refractivity contribution is 0.0848. The molecule has 1 unspecified atom stereocenters. The Hall–Kier alpha value is -0.0800. The Morgan fingerprint density at radius 1 is 1.05 bits per heavy atom. The minimum atomic E-state index is 0.360. The molecule has 1 N–H and O–H groups in total. The van der Waals surface area contributed by atoms with Gasteiger partial charge in [-0.1, -0.05) is 40.5 Å². The van der Waals surface area contributed by atoms with Crippen molar-refractivity contribution >= 4 is 0 Å². The van der Waals surface area contributed by atoms with Crippen LogP contribution in [0.3, 0.4) is 0 Å². The first-order chi connectivity index (χ1) is 8.95. The van der Waals surface area contributed by atoms with Crippen molar-refractivity contribution in [3.8, 4) is 0 Å². The molecule has 0 radical (unpaired) electrons. The van der Waals surface area contributed by atoms with Crippen molar-refractivity contribution < 1.29 is 0 Å². The summed E-state index contributed by atoms with van der Waals surface area (Å²) in [6.07, 6.45) is 8.91. The van der Waals surface area contributed by atoms with Gasteiger partial charge in [-0.05, 0) is 56.1 Å². The summed E-state index contributed by atoms with van der Waals surface area (Å²) in [5.74, 6) is 0. The number of hydrogen-bond acceptors (Lipinski definition) is 2. The van der Waals surface area contributed by atoms with Crippen molar-refractivity contribution in [3.63, 3.8) is 0 Å². The average molecular weight is 266 g/mol.